The number of hydrogen-bond acceptors (Lipinski definition) is 2. The molecule has 1 fully saturated rings. The summed E-state index contributed by atoms with van der Waals surface area (Å²) in [6.45, 7) is 0. The van der Waals surface area contributed by atoms with Gasteiger partial charge in [0.1, 0.15) is 5.75 Å². The van der Waals surface area contributed by atoms with Crippen molar-refractivity contribution in [2.45, 2.75) is 25.7 Å². The third-order valence-electron chi connectivity index (χ3n) is 4.11. The monoisotopic (exact) mass is 218 g/mol. The van der Waals surface area contributed by atoms with Gasteiger partial charge in [-0.1, -0.05) is 6.07 Å². The first-order valence-corrected chi connectivity index (χ1v) is 5.64. The van der Waals surface area contributed by atoms with E-state index in [1.54, 1.807) is 12.1 Å². The van der Waals surface area contributed by atoms with Gasteiger partial charge in [-0.05, 0) is 54.4 Å². The fourth-order valence-corrected chi connectivity index (χ4v) is 3.04. The molecule has 16 heavy (non-hydrogen) atoms. The van der Waals surface area contributed by atoms with Crippen LogP contribution in [0.25, 0.3) is 0 Å². The van der Waals surface area contributed by atoms with Crippen LogP contribution in [0.5, 0.6) is 5.75 Å². The Bertz CT molecular complexity index is 466. The third-order valence-corrected chi connectivity index (χ3v) is 4.11. The molecule has 0 saturated heterocycles. The minimum Gasteiger partial charge on any atom is -0.508 e. The van der Waals surface area contributed by atoms with Crippen molar-refractivity contribution in [3.05, 3.63) is 29.3 Å². The summed E-state index contributed by atoms with van der Waals surface area (Å²) < 4.78 is 0. The molecule has 1 aromatic carbocycles. The fraction of sp³-hybridized carbons (Fsp3) is 0.462. The Labute approximate surface area is 93.7 Å². The van der Waals surface area contributed by atoms with E-state index in [2.05, 4.69) is 0 Å². The lowest BCUT2D eigenvalue weighted by atomic mass is 9.80. The highest BCUT2D eigenvalue weighted by atomic mass is 16.4. The van der Waals surface area contributed by atoms with Crippen LogP contribution in [0.4, 0.5) is 0 Å². The van der Waals surface area contributed by atoms with Crippen LogP contribution in [0.3, 0.4) is 0 Å². The van der Waals surface area contributed by atoms with E-state index >= 15 is 0 Å². The van der Waals surface area contributed by atoms with Crippen LogP contribution < -0.4 is 0 Å². The van der Waals surface area contributed by atoms with Gasteiger partial charge in [-0.25, -0.2) is 0 Å². The maximum Gasteiger partial charge on any atom is 0.307 e. The quantitative estimate of drug-likeness (QED) is 0.757. The SMILES string of the molecule is O=C(O)C1CC12CCc1cc(O)ccc1C2. The molecule has 2 aliphatic carbocycles. The molecule has 0 aliphatic heterocycles. The highest BCUT2D eigenvalue weighted by Crippen LogP contribution is 2.60. The number of phenolic OH excluding ortho intramolecular Hbond substituents is 1. The van der Waals surface area contributed by atoms with E-state index in [-0.39, 0.29) is 11.3 Å². The summed E-state index contributed by atoms with van der Waals surface area (Å²) in [4.78, 5) is 11.0. The number of rotatable bonds is 1. The van der Waals surface area contributed by atoms with Gasteiger partial charge < -0.3 is 10.2 Å². The fourth-order valence-electron chi connectivity index (χ4n) is 3.04. The van der Waals surface area contributed by atoms with E-state index in [1.165, 1.54) is 11.1 Å². The third kappa shape index (κ3) is 1.31. The Hall–Kier alpha value is -1.51. The summed E-state index contributed by atoms with van der Waals surface area (Å²) in [5.74, 6) is -0.489. The average Bonchev–Trinajstić information content (AvgIpc) is 2.94. The molecule has 0 radical (unpaired) electrons. The molecule has 3 nitrogen and oxygen atoms in total. The Morgan fingerprint density at radius 2 is 2.19 bits per heavy atom. The van der Waals surface area contributed by atoms with Gasteiger partial charge in [-0.15, -0.1) is 0 Å². The minimum atomic E-state index is -0.651. The maximum absolute atomic E-state index is 11.0. The molecule has 84 valence electrons. The minimum absolute atomic E-state index is 0.0236. The summed E-state index contributed by atoms with van der Waals surface area (Å²) in [6, 6.07) is 5.43. The van der Waals surface area contributed by atoms with Crippen molar-refractivity contribution >= 4 is 5.97 Å². The van der Waals surface area contributed by atoms with Crippen LogP contribution in [0.2, 0.25) is 0 Å². The van der Waals surface area contributed by atoms with E-state index in [9.17, 15) is 9.90 Å². The van der Waals surface area contributed by atoms with Gasteiger partial charge in [0.2, 0.25) is 0 Å². The zero-order valence-electron chi connectivity index (χ0n) is 8.94. The van der Waals surface area contributed by atoms with Crippen molar-refractivity contribution in [1.29, 1.82) is 0 Å². The van der Waals surface area contributed by atoms with Crippen LogP contribution in [0, 0.1) is 11.3 Å². The Morgan fingerprint density at radius 1 is 1.38 bits per heavy atom. The van der Waals surface area contributed by atoms with Gasteiger partial charge in [0.05, 0.1) is 5.92 Å². The molecular formula is C13H14O3. The Balaban J connectivity index is 1.88. The van der Waals surface area contributed by atoms with E-state index in [1.807, 2.05) is 6.07 Å². The number of phenols is 1. The van der Waals surface area contributed by atoms with E-state index in [0.29, 0.717) is 5.75 Å². The van der Waals surface area contributed by atoms with Gasteiger partial charge >= 0.3 is 5.97 Å². The lowest BCUT2D eigenvalue weighted by molar-refractivity contribution is -0.139. The van der Waals surface area contributed by atoms with Crippen LogP contribution in [0.1, 0.15) is 24.0 Å². The normalized spacial score (nSPS) is 31.1. The molecule has 1 spiro atoms. The molecule has 0 aromatic heterocycles. The van der Waals surface area contributed by atoms with Gasteiger partial charge in [-0.3, -0.25) is 4.79 Å². The highest BCUT2D eigenvalue weighted by molar-refractivity contribution is 5.75. The summed E-state index contributed by atoms with van der Waals surface area (Å²) in [6.07, 6.45) is 3.52. The first kappa shape index (κ1) is 9.70. The standard InChI is InChI=1S/C13H14O3/c14-10-2-1-9-6-13(4-3-8(9)5-10)7-11(13)12(15)16/h1-2,5,11,14H,3-4,6-7H2,(H,15,16). The molecule has 3 rings (SSSR count). The van der Waals surface area contributed by atoms with Crippen LogP contribution >= 0.6 is 0 Å². The number of hydrogen-bond donors (Lipinski definition) is 2. The predicted molar refractivity (Wildman–Crippen MR) is 58.3 cm³/mol. The molecule has 0 bridgehead atoms. The van der Waals surface area contributed by atoms with Crippen molar-refractivity contribution in [2.24, 2.45) is 11.3 Å². The summed E-state index contributed by atoms with van der Waals surface area (Å²) >= 11 is 0. The second-order valence-corrected chi connectivity index (χ2v) is 5.09. The van der Waals surface area contributed by atoms with Crippen LogP contribution in [-0.2, 0) is 17.6 Å². The summed E-state index contributed by atoms with van der Waals surface area (Å²) in [7, 11) is 0. The topological polar surface area (TPSA) is 57.5 Å². The molecule has 0 heterocycles. The molecule has 0 amide bonds. The number of carboxylic acids is 1. The summed E-state index contributed by atoms with van der Waals surface area (Å²) in [5, 5.41) is 18.4. The number of aryl methyl sites for hydroxylation is 1. The average molecular weight is 218 g/mol. The molecule has 3 heteroatoms. The molecule has 2 N–H and O–H groups in total. The Kier molecular flexibility index (Phi) is 1.82. The van der Waals surface area contributed by atoms with Crippen molar-refractivity contribution in [2.75, 3.05) is 0 Å². The first-order chi connectivity index (χ1) is 7.61. The second kappa shape index (κ2) is 3.00. The van der Waals surface area contributed by atoms with Gasteiger partial charge in [-0.2, -0.15) is 0 Å². The molecule has 2 atom stereocenters. The zero-order chi connectivity index (χ0) is 11.3. The van der Waals surface area contributed by atoms with Crippen molar-refractivity contribution in [1.82, 2.24) is 0 Å². The van der Waals surface area contributed by atoms with Crippen molar-refractivity contribution in [3.63, 3.8) is 0 Å². The molecule has 2 unspecified atom stereocenters. The maximum atomic E-state index is 11.0. The van der Waals surface area contributed by atoms with Gasteiger partial charge in [0.25, 0.3) is 0 Å². The number of benzene rings is 1. The largest absolute Gasteiger partial charge is 0.508 e. The van der Waals surface area contributed by atoms with E-state index < -0.39 is 5.97 Å². The second-order valence-electron chi connectivity index (χ2n) is 5.09. The number of carbonyl (C=O) groups is 1. The number of aromatic hydroxyl groups is 1. The van der Waals surface area contributed by atoms with Crippen LogP contribution in [-0.4, -0.2) is 16.2 Å². The van der Waals surface area contributed by atoms with E-state index in [4.69, 9.17) is 5.11 Å². The van der Waals surface area contributed by atoms with E-state index in [0.717, 1.165) is 25.7 Å². The van der Waals surface area contributed by atoms with Crippen LogP contribution in [0.15, 0.2) is 18.2 Å². The lowest BCUT2D eigenvalue weighted by Gasteiger charge is -2.24. The number of aliphatic carboxylic acids is 1. The van der Waals surface area contributed by atoms with Crippen molar-refractivity contribution in [3.8, 4) is 5.75 Å². The number of fused-ring (bicyclic) bond motifs is 1. The predicted octanol–water partition coefficient (Wildman–Crippen LogP) is 1.97. The highest BCUT2D eigenvalue weighted by Gasteiger charge is 2.58. The van der Waals surface area contributed by atoms with Gasteiger partial charge in [0, 0.05) is 0 Å². The van der Waals surface area contributed by atoms with Gasteiger partial charge in [0.15, 0.2) is 0 Å². The molecule has 1 aromatic rings. The Morgan fingerprint density at radius 3 is 2.88 bits per heavy atom. The lowest BCUT2D eigenvalue weighted by Crippen LogP contribution is -2.19. The van der Waals surface area contributed by atoms with Crippen molar-refractivity contribution < 1.29 is 15.0 Å². The molecule has 1 saturated carbocycles. The summed E-state index contributed by atoms with van der Waals surface area (Å²) in [5.41, 5.74) is 2.42. The first-order valence-electron chi connectivity index (χ1n) is 5.64. The zero-order valence-corrected chi connectivity index (χ0v) is 8.94. The number of carboxylic acid groups (broad SMARTS) is 1. The molecular weight excluding hydrogens is 204 g/mol. The molecule has 2 aliphatic rings. The smallest absolute Gasteiger partial charge is 0.307 e.